The van der Waals surface area contributed by atoms with Gasteiger partial charge in [-0.25, -0.2) is 0 Å². The summed E-state index contributed by atoms with van der Waals surface area (Å²) in [6, 6.07) is 0. The number of thioether (sulfide) groups is 1. The molecule has 110 valence electrons. The zero-order valence-electron chi connectivity index (χ0n) is 12.3. The van der Waals surface area contributed by atoms with E-state index in [0.29, 0.717) is 29.9 Å². The highest BCUT2D eigenvalue weighted by Crippen LogP contribution is 2.25. The third kappa shape index (κ3) is 4.67. The fraction of sp³-hybridized carbons (Fsp3) is 0.769. The number of aryl methyl sites for hydroxylation is 1. The third-order valence-electron chi connectivity index (χ3n) is 2.91. The second-order valence-electron chi connectivity index (χ2n) is 5.47. The van der Waals surface area contributed by atoms with E-state index < -0.39 is 5.60 Å². The lowest BCUT2D eigenvalue weighted by atomic mass is 10.1. The van der Waals surface area contributed by atoms with Gasteiger partial charge in [0.25, 0.3) is 0 Å². The van der Waals surface area contributed by atoms with Gasteiger partial charge in [-0.15, -0.1) is 0 Å². The first kappa shape index (κ1) is 16.8. The van der Waals surface area contributed by atoms with Crippen LogP contribution in [0.5, 0.6) is 0 Å². The molecule has 0 bridgehead atoms. The van der Waals surface area contributed by atoms with Crippen LogP contribution in [0.1, 0.15) is 37.9 Å². The fourth-order valence-electron chi connectivity index (χ4n) is 2.01. The molecule has 1 heterocycles. The summed E-state index contributed by atoms with van der Waals surface area (Å²) in [5.41, 5.74) is 1.34. The number of aliphatic hydroxyl groups is 1. The van der Waals surface area contributed by atoms with E-state index in [0.717, 1.165) is 11.3 Å². The molecule has 1 atom stereocenters. The van der Waals surface area contributed by atoms with Gasteiger partial charge in [0.1, 0.15) is 5.15 Å². The van der Waals surface area contributed by atoms with Crippen LogP contribution in [0.2, 0.25) is 5.15 Å². The molecule has 0 saturated heterocycles. The van der Waals surface area contributed by atoms with Crippen molar-refractivity contribution in [2.75, 3.05) is 18.6 Å². The largest absolute Gasteiger partial charge is 0.388 e. The fourth-order valence-corrected chi connectivity index (χ4v) is 2.94. The quantitative estimate of drug-likeness (QED) is 0.812. The molecule has 0 spiro atoms. The van der Waals surface area contributed by atoms with Crippen LogP contribution in [-0.4, -0.2) is 39.0 Å². The highest BCUT2D eigenvalue weighted by molar-refractivity contribution is 7.98. The lowest BCUT2D eigenvalue weighted by Gasteiger charge is -2.22. The summed E-state index contributed by atoms with van der Waals surface area (Å²) in [5.74, 6) is 1.04. The molecule has 19 heavy (non-hydrogen) atoms. The van der Waals surface area contributed by atoms with Crippen molar-refractivity contribution in [1.82, 2.24) is 15.1 Å². The van der Waals surface area contributed by atoms with Crippen LogP contribution >= 0.6 is 23.4 Å². The molecule has 0 aromatic carbocycles. The van der Waals surface area contributed by atoms with Crippen molar-refractivity contribution in [2.24, 2.45) is 7.05 Å². The Kier molecular flexibility index (Phi) is 6.17. The number of aromatic nitrogens is 2. The van der Waals surface area contributed by atoms with Crippen molar-refractivity contribution >= 4 is 23.4 Å². The van der Waals surface area contributed by atoms with E-state index >= 15 is 0 Å². The second kappa shape index (κ2) is 6.97. The van der Waals surface area contributed by atoms with Crippen molar-refractivity contribution < 1.29 is 5.11 Å². The standard InChI is InChI=1S/C13H24ClN3OS/c1-9(2)11-10(12(14)17(4)16-11)6-15-7-13(3,18)8-19-5/h9,15,18H,6-8H2,1-5H3. The van der Waals surface area contributed by atoms with Gasteiger partial charge in [0.05, 0.1) is 11.3 Å². The first-order chi connectivity index (χ1) is 8.78. The maximum absolute atomic E-state index is 10.1. The molecule has 0 fully saturated rings. The lowest BCUT2D eigenvalue weighted by Crippen LogP contribution is -2.39. The van der Waals surface area contributed by atoms with Crippen LogP contribution in [0.25, 0.3) is 0 Å². The molecule has 1 aromatic rings. The number of hydrogen-bond acceptors (Lipinski definition) is 4. The average Bonchev–Trinajstić information content (AvgIpc) is 2.57. The summed E-state index contributed by atoms with van der Waals surface area (Å²) in [6.45, 7) is 7.21. The normalized spacial score (nSPS) is 14.9. The van der Waals surface area contributed by atoms with E-state index in [4.69, 9.17) is 11.6 Å². The SMILES string of the molecule is CSCC(C)(O)CNCc1c(C(C)C)nn(C)c1Cl. The van der Waals surface area contributed by atoms with Gasteiger partial charge < -0.3 is 10.4 Å². The van der Waals surface area contributed by atoms with Gasteiger partial charge in [-0.05, 0) is 19.1 Å². The summed E-state index contributed by atoms with van der Waals surface area (Å²) in [7, 11) is 1.85. The average molecular weight is 306 g/mol. The van der Waals surface area contributed by atoms with Gasteiger partial charge in [0, 0.05) is 31.5 Å². The summed E-state index contributed by atoms with van der Waals surface area (Å²) in [6.07, 6.45) is 1.99. The summed E-state index contributed by atoms with van der Waals surface area (Å²) in [4.78, 5) is 0. The number of halogens is 1. The van der Waals surface area contributed by atoms with E-state index in [9.17, 15) is 5.11 Å². The van der Waals surface area contributed by atoms with Crippen molar-refractivity contribution in [3.8, 4) is 0 Å². The molecule has 0 radical (unpaired) electrons. The molecular formula is C13H24ClN3OS. The van der Waals surface area contributed by atoms with E-state index in [1.165, 1.54) is 0 Å². The molecule has 6 heteroatoms. The van der Waals surface area contributed by atoms with Crippen LogP contribution in [0.15, 0.2) is 0 Å². The Bertz CT molecular complexity index is 418. The maximum atomic E-state index is 10.1. The molecule has 4 nitrogen and oxygen atoms in total. The summed E-state index contributed by atoms with van der Waals surface area (Å²) < 4.78 is 1.70. The van der Waals surface area contributed by atoms with Gasteiger partial charge in [-0.3, -0.25) is 4.68 Å². The van der Waals surface area contributed by atoms with Crippen molar-refractivity contribution in [3.63, 3.8) is 0 Å². The highest BCUT2D eigenvalue weighted by Gasteiger charge is 2.21. The molecule has 0 saturated carbocycles. The molecule has 0 aliphatic heterocycles. The highest BCUT2D eigenvalue weighted by atomic mass is 35.5. The minimum Gasteiger partial charge on any atom is -0.388 e. The second-order valence-corrected chi connectivity index (χ2v) is 6.69. The smallest absolute Gasteiger partial charge is 0.131 e. The van der Waals surface area contributed by atoms with E-state index in [2.05, 4.69) is 24.3 Å². The maximum Gasteiger partial charge on any atom is 0.131 e. The molecule has 2 N–H and O–H groups in total. The zero-order valence-corrected chi connectivity index (χ0v) is 13.9. The number of hydrogen-bond donors (Lipinski definition) is 2. The van der Waals surface area contributed by atoms with Gasteiger partial charge in [0.15, 0.2) is 0 Å². The minimum atomic E-state index is -0.702. The molecule has 1 aromatic heterocycles. The van der Waals surface area contributed by atoms with Gasteiger partial charge in [-0.1, -0.05) is 25.4 Å². The van der Waals surface area contributed by atoms with Crippen molar-refractivity contribution in [3.05, 3.63) is 16.4 Å². The van der Waals surface area contributed by atoms with Crippen LogP contribution in [0.3, 0.4) is 0 Å². The van der Waals surface area contributed by atoms with Gasteiger partial charge in [0.2, 0.25) is 0 Å². The Morgan fingerprint density at radius 3 is 2.68 bits per heavy atom. The van der Waals surface area contributed by atoms with E-state index in [1.54, 1.807) is 16.4 Å². The zero-order chi connectivity index (χ0) is 14.6. The van der Waals surface area contributed by atoms with Crippen molar-refractivity contribution in [2.45, 2.75) is 38.8 Å². The molecule has 0 aliphatic rings. The van der Waals surface area contributed by atoms with E-state index in [-0.39, 0.29) is 0 Å². The number of nitrogens with zero attached hydrogens (tertiary/aromatic N) is 2. The predicted molar refractivity (Wildman–Crippen MR) is 83.0 cm³/mol. The number of nitrogens with one attached hydrogen (secondary N) is 1. The monoisotopic (exact) mass is 305 g/mol. The summed E-state index contributed by atoms with van der Waals surface area (Å²) >= 11 is 7.90. The summed E-state index contributed by atoms with van der Waals surface area (Å²) in [5, 5.41) is 18.5. The third-order valence-corrected chi connectivity index (χ3v) is 4.29. The Hall–Kier alpha value is -0.230. The van der Waals surface area contributed by atoms with Crippen molar-refractivity contribution in [1.29, 1.82) is 0 Å². The first-order valence-corrected chi connectivity index (χ1v) is 8.19. The molecule has 0 aliphatic carbocycles. The topological polar surface area (TPSA) is 50.1 Å². The predicted octanol–water partition coefficient (Wildman–Crippen LogP) is 2.40. The minimum absolute atomic E-state index is 0.335. The van der Waals surface area contributed by atoms with E-state index in [1.807, 2.05) is 20.2 Å². The van der Waals surface area contributed by atoms with Gasteiger partial charge in [-0.2, -0.15) is 16.9 Å². The molecule has 1 unspecified atom stereocenters. The molecular weight excluding hydrogens is 282 g/mol. The van der Waals surface area contributed by atoms with Crippen LogP contribution in [0.4, 0.5) is 0 Å². The first-order valence-electron chi connectivity index (χ1n) is 6.42. The van der Waals surface area contributed by atoms with Crippen LogP contribution < -0.4 is 5.32 Å². The van der Waals surface area contributed by atoms with Gasteiger partial charge >= 0.3 is 0 Å². The van der Waals surface area contributed by atoms with Crippen LogP contribution in [-0.2, 0) is 13.6 Å². The Morgan fingerprint density at radius 2 is 2.16 bits per heavy atom. The Morgan fingerprint density at radius 1 is 1.53 bits per heavy atom. The molecule has 1 rings (SSSR count). The number of rotatable bonds is 7. The Labute approximate surface area is 124 Å². The molecule has 0 amide bonds. The lowest BCUT2D eigenvalue weighted by molar-refractivity contribution is 0.0845. The Balaban J connectivity index is 2.68. The van der Waals surface area contributed by atoms with Crippen LogP contribution in [0, 0.1) is 0 Å².